The van der Waals surface area contributed by atoms with Gasteiger partial charge in [-0.3, -0.25) is 0 Å². The van der Waals surface area contributed by atoms with Gasteiger partial charge in [0.15, 0.2) is 11.6 Å². The lowest BCUT2D eigenvalue weighted by molar-refractivity contribution is -0.274. The van der Waals surface area contributed by atoms with E-state index in [0.717, 1.165) is 23.5 Å². The molecule has 0 N–H and O–H groups in total. The summed E-state index contributed by atoms with van der Waals surface area (Å²) < 4.78 is 68.4. The van der Waals surface area contributed by atoms with Crippen LogP contribution in [0.25, 0.3) is 20.2 Å². The van der Waals surface area contributed by atoms with Crippen molar-refractivity contribution in [3.63, 3.8) is 0 Å². The smallest absolute Gasteiger partial charge is 0.463 e. The molecular weight excluding hydrogens is 452 g/mol. The number of halogens is 4. The van der Waals surface area contributed by atoms with Gasteiger partial charge in [-0.05, 0) is 30.5 Å². The average Bonchev–Trinajstić information content (AvgIpc) is 3.13. The average molecular weight is 468 g/mol. The van der Waals surface area contributed by atoms with E-state index in [2.05, 4.69) is 17.9 Å². The Morgan fingerprint density at radius 3 is 2.31 bits per heavy atom. The molecule has 0 aliphatic heterocycles. The summed E-state index contributed by atoms with van der Waals surface area (Å²) in [5, 5.41) is 0.700. The molecule has 0 unspecified atom stereocenters. The third-order valence-electron chi connectivity index (χ3n) is 4.35. The van der Waals surface area contributed by atoms with Crippen LogP contribution in [0, 0.1) is 5.82 Å². The number of fused-ring (bicyclic) bond motifs is 3. The fraction of sp³-hybridized carbons (Fsp3) is 0.182. The van der Waals surface area contributed by atoms with Gasteiger partial charge in [-0.25, -0.2) is 14.0 Å². The summed E-state index contributed by atoms with van der Waals surface area (Å²) in [5.74, 6) is -3.20. The molecule has 0 aliphatic rings. The zero-order valence-corrected chi connectivity index (χ0v) is 17.3. The second-order valence-electron chi connectivity index (χ2n) is 6.44. The first-order valence-electron chi connectivity index (χ1n) is 9.20. The molecule has 0 fully saturated rings. The fourth-order valence-electron chi connectivity index (χ4n) is 3.02. The van der Waals surface area contributed by atoms with E-state index >= 15 is 0 Å². The molecule has 1 aromatic heterocycles. The monoisotopic (exact) mass is 468 g/mol. The van der Waals surface area contributed by atoms with Crippen molar-refractivity contribution in [2.24, 2.45) is 0 Å². The van der Waals surface area contributed by atoms with Crippen molar-refractivity contribution in [3.8, 4) is 11.5 Å². The number of aryl methyl sites for hydroxylation is 1. The van der Waals surface area contributed by atoms with Gasteiger partial charge in [0.1, 0.15) is 5.75 Å². The van der Waals surface area contributed by atoms with E-state index in [1.54, 1.807) is 6.07 Å². The first kappa shape index (κ1) is 23.3. The van der Waals surface area contributed by atoms with Crippen LogP contribution in [0.4, 0.5) is 17.6 Å². The maximum absolute atomic E-state index is 14.9. The molecule has 0 amide bonds. The van der Waals surface area contributed by atoms with Gasteiger partial charge in [-0.2, -0.15) is 0 Å². The van der Waals surface area contributed by atoms with Gasteiger partial charge in [0.05, 0.1) is 16.0 Å². The predicted octanol–water partition coefficient (Wildman–Crippen LogP) is 5.85. The highest BCUT2D eigenvalue weighted by Crippen LogP contribution is 2.45. The minimum Gasteiger partial charge on any atom is -0.463 e. The predicted molar refractivity (Wildman–Crippen MR) is 111 cm³/mol. The van der Waals surface area contributed by atoms with Crippen LogP contribution in [-0.4, -0.2) is 24.9 Å². The van der Waals surface area contributed by atoms with Crippen LogP contribution < -0.4 is 9.47 Å². The molecule has 5 nitrogen and oxygen atoms in total. The van der Waals surface area contributed by atoms with E-state index in [1.165, 1.54) is 18.2 Å². The normalized spacial score (nSPS) is 11.4. The van der Waals surface area contributed by atoms with Crippen LogP contribution in [0.1, 0.15) is 12.0 Å². The van der Waals surface area contributed by atoms with Gasteiger partial charge in [-0.1, -0.05) is 25.3 Å². The van der Waals surface area contributed by atoms with Crippen molar-refractivity contribution >= 4 is 43.4 Å². The van der Waals surface area contributed by atoms with E-state index < -0.39 is 29.9 Å². The van der Waals surface area contributed by atoms with Crippen molar-refractivity contribution in [2.75, 3.05) is 6.61 Å². The van der Waals surface area contributed by atoms with Crippen molar-refractivity contribution in [2.45, 2.75) is 19.2 Å². The first-order valence-corrected chi connectivity index (χ1v) is 10.0. The van der Waals surface area contributed by atoms with Crippen LogP contribution in [-0.2, 0) is 20.7 Å². The Hall–Kier alpha value is -3.40. The molecule has 2 aromatic carbocycles. The van der Waals surface area contributed by atoms with Crippen molar-refractivity contribution in [1.82, 2.24) is 0 Å². The number of esters is 2. The molecule has 0 atom stereocenters. The summed E-state index contributed by atoms with van der Waals surface area (Å²) in [5.41, 5.74) is 0.217. The first-order chi connectivity index (χ1) is 15.1. The lowest BCUT2D eigenvalue weighted by Gasteiger charge is -2.14. The molecule has 0 bridgehead atoms. The zero-order valence-electron chi connectivity index (χ0n) is 16.5. The van der Waals surface area contributed by atoms with Crippen LogP contribution in [0.15, 0.2) is 49.6 Å². The Bertz CT molecular complexity index is 1210. The Labute approximate surface area is 183 Å². The quantitative estimate of drug-likeness (QED) is 0.137. The van der Waals surface area contributed by atoms with E-state index in [1.807, 2.05) is 0 Å². The van der Waals surface area contributed by atoms with Gasteiger partial charge in [0, 0.05) is 22.9 Å². The minimum absolute atomic E-state index is 0.0125. The van der Waals surface area contributed by atoms with Gasteiger partial charge in [0.2, 0.25) is 0 Å². The van der Waals surface area contributed by atoms with E-state index in [4.69, 9.17) is 9.47 Å². The molecule has 1 heterocycles. The van der Waals surface area contributed by atoms with E-state index in [9.17, 15) is 27.2 Å². The van der Waals surface area contributed by atoms with Crippen molar-refractivity contribution in [1.29, 1.82) is 0 Å². The molecule has 3 rings (SSSR count). The second kappa shape index (κ2) is 9.39. The summed E-state index contributed by atoms with van der Waals surface area (Å²) in [6, 6.07) is 5.69. The largest absolute Gasteiger partial charge is 0.573 e. The Morgan fingerprint density at radius 2 is 1.66 bits per heavy atom. The maximum atomic E-state index is 14.9. The van der Waals surface area contributed by atoms with E-state index in [-0.39, 0.29) is 40.2 Å². The van der Waals surface area contributed by atoms with Gasteiger partial charge in [-0.15, -0.1) is 24.5 Å². The maximum Gasteiger partial charge on any atom is 0.573 e. The number of benzene rings is 2. The zero-order chi connectivity index (χ0) is 23.5. The Balaban J connectivity index is 2.06. The second-order valence-corrected chi connectivity index (χ2v) is 7.46. The highest BCUT2D eigenvalue weighted by Gasteiger charge is 2.33. The number of carbonyl (C=O) groups is 2. The van der Waals surface area contributed by atoms with Crippen LogP contribution in [0.5, 0.6) is 11.5 Å². The third-order valence-corrected chi connectivity index (χ3v) is 5.56. The van der Waals surface area contributed by atoms with Crippen LogP contribution in [0.3, 0.4) is 0 Å². The lowest BCUT2D eigenvalue weighted by atomic mass is 10.0. The molecule has 3 aromatic rings. The summed E-state index contributed by atoms with van der Waals surface area (Å²) >= 11 is 0.751. The third kappa shape index (κ3) is 5.08. The minimum atomic E-state index is -4.97. The van der Waals surface area contributed by atoms with Gasteiger partial charge in [0.25, 0.3) is 0 Å². The number of thiophene rings is 1. The highest BCUT2D eigenvalue weighted by atomic mass is 32.1. The number of rotatable bonds is 8. The molecule has 0 aliphatic carbocycles. The van der Waals surface area contributed by atoms with Crippen molar-refractivity contribution < 1.29 is 41.4 Å². The number of carbonyl (C=O) groups excluding carboxylic acids is 2. The highest BCUT2D eigenvalue weighted by molar-refractivity contribution is 7.26. The molecule has 10 heteroatoms. The number of hydrogen-bond donors (Lipinski definition) is 0. The Morgan fingerprint density at radius 1 is 1.00 bits per heavy atom. The summed E-state index contributed by atoms with van der Waals surface area (Å²) in [7, 11) is 0. The van der Waals surface area contributed by atoms with Crippen molar-refractivity contribution in [3.05, 3.63) is 61.0 Å². The summed E-state index contributed by atoms with van der Waals surface area (Å²) in [6.45, 7) is 6.47. The molecule has 0 radical (unpaired) electrons. The summed E-state index contributed by atoms with van der Waals surface area (Å²) in [4.78, 5) is 22.5. The molecule has 168 valence electrons. The van der Waals surface area contributed by atoms with Gasteiger partial charge < -0.3 is 14.2 Å². The topological polar surface area (TPSA) is 61.8 Å². The molecule has 0 spiro atoms. The molecule has 0 saturated heterocycles. The number of alkyl halides is 3. The Kier molecular flexibility index (Phi) is 6.83. The molecule has 32 heavy (non-hydrogen) atoms. The molecular formula is C22H16F4O5S. The van der Waals surface area contributed by atoms with Gasteiger partial charge >= 0.3 is 18.3 Å². The lowest BCUT2D eigenvalue weighted by Crippen LogP contribution is -2.18. The summed E-state index contributed by atoms with van der Waals surface area (Å²) in [6.07, 6.45) is -2.78. The van der Waals surface area contributed by atoms with Crippen LogP contribution >= 0.6 is 11.3 Å². The fourth-order valence-corrected chi connectivity index (χ4v) is 4.25. The van der Waals surface area contributed by atoms with E-state index in [0.29, 0.717) is 10.8 Å². The number of ether oxygens (including phenoxy) is 3. The van der Waals surface area contributed by atoms with Crippen LogP contribution in [0.2, 0.25) is 0 Å². The SMILES string of the molecule is C=CC(=O)OCCCc1ccc2c(sc3c(F)c(OC(=O)C=C)ccc32)c1OC(F)(F)F. The molecule has 0 saturated carbocycles. The standard InChI is InChI=1S/C22H16F4O5S/c1-3-16(27)29-11-5-6-12-7-8-14-13-9-10-15(30-17(28)4-2)18(23)20(13)32-21(14)19(12)31-22(24,25)26/h3-4,7-10H,1-2,5-6,11H2. The number of hydrogen-bond acceptors (Lipinski definition) is 6.